The highest BCUT2D eigenvalue weighted by molar-refractivity contribution is 7.89. The number of phenolic OH excluding ortho intramolecular Hbond substituents is 1. The van der Waals surface area contributed by atoms with Crippen molar-refractivity contribution in [2.45, 2.75) is 37.1 Å². The Balaban J connectivity index is 2.22. The van der Waals surface area contributed by atoms with Gasteiger partial charge in [0, 0.05) is 6.04 Å². The first-order chi connectivity index (χ1) is 8.40. The van der Waals surface area contributed by atoms with Gasteiger partial charge >= 0.3 is 0 Å². The minimum atomic E-state index is -3.56. The van der Waals surface area contributed by atoms with Crippen molar-refractivity contribution in [2.75, 3.05) is 5.73 Å². The second-order valence-corrected chi connectivity index (χ2v) is 6.57. The molecule has 1 aromatic carbocycles. The van der Waals surface area contributed by atoms with E-state index >= 15 is 0 Å². The molecule has 6 heteroatoms. The fraction of sp³-hybridized carbons (Fsp3) is 0.500. The Labute approximate surface area is 107 Å². The molecule has 1 aliphatic rings. The normalized spacial score (nSPS) is 24.3. The van der Waals surface area contributed by atoms with Gasteiger partial charge in [0.25, 0.3) is 0 Å². The molecule has 0 heterocycles. The van der Waals surface area contributed by atoms with Gasteiger partial charge in [0.15, 0.2) is 0 Å². The number of nitrogens with one attached hydrogen (secondary N) is 1. The Hall–Kier alpha value is -1.27. The van der Waals surface area contributed by atoms with E-state index in [0.29, 0.717) is 5.92 Å². The van der Waals surface area contributed by atoms with E-state index in [1.807, 2.05) is 6.92 Å². The van der Waals surface area contributed by atoms with Crippen LogP contribution in [0.15, 0.2) is 23.1 Å². The quantitative estimate of drug-likeness (QED) is 0.572. The molecular weight excluding hydrogens is 252 g/mol. The topological polar surface area (TPSA) is 92.4 Å². The SMILES string of the molecule is CC1CCCC1NS(=O)(=O)c1ccc(O)c(N)c1. The van der Waals surface area contributed by atoms with Crippen molar-refractivity contribution in [3.8, 4) is 5.75 Å². The minimum Gasteiger partial charge on any atom is -0.506 e. The first kappa shape index (κ1) is 13.2. The summed E-state index contributed by atoms with van der Waals surface area (Å²) in [4.78, 5) is 0.0944. The van der Waals surface area contributed by atoms with Crippen LogP contribution in [-0.4, -0.2) is 19.6 Å². The van der Waals surface area contributed by atoms with Crippen molar-refractivity contribution >= 4 is 15.7 Å². The summed E-state index contributed by atoms with van der Waals surface area (Å²) in [5, 5.41) is 9.30. The van der Waals surface area contributed by atoms with Crippen LogP contribution in [0.3, 0.4) is 0 Å². The lowest BCUT2D eigenvalue weighted by atomic mass is 10.1. The van der Waals surface area contributed by atoms with E-state index in [-0.39, 0.29) is 22.4 Å². The van der Waals surface area contributed by atoms with E-state index in [2.05, 4.69) is 4.72 Å². The molecule has 100 valence electrons. The first-order valence-electron chi connectivity index (χ1n) is 6.01. The summed E-state index contributed by atoms with van der Waals surface area (Å²) >= 11 is 0. The van der Waals surface area contributed by atoms with E-state index in [4.69, 9.17) is 5.73 Å². The third kappa shape index (κ3) is 2.59. The van der Waals surface area contributed by atoms with E-state index in [1.165, 1.54) is 18.2 Å². The predicted octanol–water partition coefficient (Wildman–Crippen LogP) is 1.44. The van der Waals surface area contributed by atoms with E-state index in [1.54, 1.807) is 0 Å². The monoisotopic (exact) mass is 270 g/mol. The van der Waals surface area contributed by atoms with Crippen LogP contribution in [0, 0.1) is 5.92 Å². The van der Waals surface area contributed by atoms with Gasteiger partial charge < -0.3 is 10.8 Å². The average Bonchev–Trinajstić information content (AvgIpc) is 2.67. The van der Waals surface area contributed by atoms with Gasteiger partial charge in [-0.05, 0) is 37.0 Å². The Morgan fingerprint density at radius 1 is 1.39 bits per heavy atom. The number of hydrogen-bond acceptors (Lipinski definition) is 4. The number of hydrogen-bond donors (Lipinski definition) is 3. The van der Waals surface area contributed by atoms with Crippen molar-refractivity contribution in [1.29, 1.82) is 0 Å². The molecule has 0 amide bonds. The van der Waals surface area contributed by atoms with Gasteiger partial charge in [0.1, 0.15) is 5.75 Å². The molecule has 2 unspecified atom stereocenters. The highest BCUT2D eigenvalue weighted by Gasteiger charge is 2.28. The van der Waals surface area contributed by atoms with E-state index < -0.39 is 10.0 Å². The molecule has 1 aliphatic carbocycles. The number of sulfonamides is 1. The van der Waals surface area contributed by atoms with Crippen LogP contribution in [-0.2, 0) is 10.0 Å². The van der Waals surface area contributed by atoms with Crippen LogP contribution in [0.2, 0.25) is 0 Å². The van der Waals surface area contributed by atoms with Gasteiger partial charge in [0.2, 0.25) is 10.0 Å². The molecule has 5 nitrogen and oxygen atoms in total. The smallest absolute Gasteiger partial charge is 0.240 e. The Kier molecular flexibility index (Phi) is 3.49. The van der Waals surface area contributed by atoms with Crippen LogP contribution in [0.5, 0.6) is 5.75 Å². The number of phenols is 1. The number of nitrogens with two attached hydrogens (primary N) is 1. The molecule has 0 saturated heterocycles. The maximum Gasteiger partial charge on any atom is 0.240 e. The summed E-state index contributed by atoms with van der Waals surface area (Å²) in [6.45, 7) is 2.05. The third-order valence-corrected chi connectivity index (χ3v) is 4.96. The summed E-state index contributed by atoms with van der Waals surface area (Å²) in [5.74, 6) is 0.248. The molecule has 1 fully saturated rings. The molecule has 2 rings (SSSR count). The number of benzene rings is 1. The number of rotatable bonds is 3. The molecule has 0 bridgehead atoms. The fourth-order valence-electron chi connectivity index (χ4n) is 2.29. The van der Waals surface area contributed by atoms with Crippen LogP contribution in [0.4, 0.5) is 5.69 Å². The van der Waals surface area contributed by atoms with E-state index in [9.17, 15) is 13.5 Å². The molecule has 2 atom stereocenters. The van der Waals surface area contributed by atoms with Crippen LogP contribution in [0.25, 0.3) is 0 Å². The van der Waals surface area contributed by atoms with Crippen molar-refractivity contribution in [3.63, 3.8) is 0 Å². The van der Waals surface area contributed by atoms with Gasteiger partial charge in [-0.1, -0.05) is 13.3 Å². The van der Waals surface area contributed by atoms with Crippen LogP contribution < -0.4 is 10.5 Å². The van der Waals surface area contributed by atoms with Gasteiger partial charge in [-0.2, -0.15) is 0 Å². The molecule has 1 aromatic rings. The summed E-state index contributed by atoms with van der Waals surface area (Å²) in [5.41, 5.74) is 5.58. The van der Waals surface area contributed by atoms with Gasteiger partial charge in [0.05, 0.1) is 10.6 Å². The standard InChI is InChI=1S/C12H18N2O3S/c1-8-3-2-4-11(8)14-18(16,17)9-5-6-12(15)10(13)7-9/h5-8,11,14-15H,2-4,13H2,1H3. The molecule has 0 aromatic heterocycles. The molecule has 1 saturated carbocycles. The average molecular weight is 270 g/mol. The Morgan fingerprint density at radius 2 is 2.11 bits per heavy atom. The lowest BCUT2D eigenvalue weighted by Gasteiger charge is -2.17. The zero-order valence-electron chi connectivity index (χ0n) is 10.3. The Morgan fingerprint density at radius 3 is 2.67 bits per heavy atom. The summed E-state index contributed by atoms with van der Waals surface area (Å²) in [7, 11) is -3.56. The third-order valence-electron chi connectivity index (χ3n) is 3.48. The minimum absolute atomic E-state index is 0.00923. The summed E-state index contributed by atoms with van der Waals surface area (Å²) < 4.78 is 27.0. The van der Waals surface area contributed by atoms with Crippen molar-refractivity contribution in [3.05, 3.63) is 18.2 Å². The molecular formula is C12H18N2O3S. The number of anilines is 1. The summed E-state index contributed by atoms with van der Waals surface area (Å²) in [6.07, 6.45) is 2.96. The second-order valence-electron chi connectivity index (χ2n) is 4.86. The van der Waals surface area contributed by atoms with Gasteiger partial charge in [-0.25, -0.2) is 13.1 Å². The lowest BCUT2D eigenvalue weighted by Crippen LogP contribution is -2.36. The van der Waals surface area contributed by atoms with Crippen molar-refractivity contribution < 1.29 is 13.5 Å². The van der Waals surface area contributed by atoms with Crippen LogP contribution >= 0.6 is 0 Å². The second kappa shape index (κ2) is 4.78. The van der Waals surface area contributed by atoms with Gasteiger partial charge in [-0.3, -0.25) is 0 Å². The largest absolute Gasteiger partial charge is 0.506 e. The molecule has 0 spiro atoms. The maximum absolute atomic E-state index is 12.1. The predicted molar refractivity (Wildman–Crippen MR) is 69.6 cm³/mol. The summed E-state index contributed by atoms with van der Waals surface area (Å²) in [6, 6.07) is 3.91. The zero-order valence-corrected chi connectivity index (χ0v) is 11.1. The zero-order chi connectivity index (χ0) is 13.3. The molecule has 0 aliphatic heterocycles. The maximum atomic E-state index is 12.1. The van der Waals surface area contributed by atoms with Crippen molar-refractivity contribution in [1.82, 2.24) is 4.72 Å². The highest BCUT2D eigenvalue weighted by Crippen LogP contribution is 2.28. The van der Waals surface area contributed by atoms with Gasteiger partial charge in [-0.15, -0.1) is 0 Å². The number of nitrogen functional groups attached to an aromatic ring is 1. The van der Waals surface area contributed by atoms with Crippen molar-refractivity contribution in [2.24, 2.45) is 5.92 Å². The molecule has 4 N–H and O–H groups in total. The number of aromatic hydroxyl groups is 1. The highest BCUT2D eigenvalue weighted by atomic mass is 32.2. The lowest BCUT2D eigenvalue weighted by molar-refractivity contribution is 0.474. The Bertz CT molecular complexity index is 542. The first-order valence-corrected chi connectivity index (χ1v) is 7.49. The fourth-order valence-corrected chi connectivity index (χ4v) is 3.70. The van der Waals surface area contributed by atoms with Crippen LogP contribution in [0.1, 0.15) is 26.2 Å². The van der Waals surface area contributed by atoms with E-state index in [0.717, 1.165) is 19.3 Å². The molecule has 0 radical (unpaired) electrons. The molecule has 18 heavy (non-hydrogen) atoms.